The number of benzene rings is 2. The molecular weight excluding hydrogens is 421 g/mol. The second-order valence-corrected chi connectivity index (χ2v) is 8.63. The first-order valence-corrected chi connectivity index (χ1v) is 11.3. The van der Waals surface area contributed by atoms with E-state index in [-0.39, 0.29) is 30.1 Å². The molecule has 2 aliphatic heterocycles. The quantitative estimate of drug-likeness (QED) is 0.615. The van der Waals surface area contributed by atoms with Crippen molar-refractivity contribution >= 4 is 28.5 Å². The van der Waals surface area contributed by atoms with Gasteiger partial charge in [0, 0.05) is 56.6 Å². The van der Waals surface area contributed by atoms with Gasteiger partial charge >= 0.3 is 0 Å². The Morgan fingerprint density at radius 3 is 2.58 bits per heavy atom. The van der Waals surface area contributed by atoms with Crippen LogP contribution in [0.3, 0.4) is 0 Å². The van der Waals surface area contributed by atoms with Gasteiger partial charge < -0.3 is 14.7 Å². The van der Waals surface area contributed by atoms with Gasteiger partial charge in [0.05, 0.1) is 11.4 Å². The number of para-hydroxylation sites is 1. The lowest BCUT2D eigenvalue weighted by Gasteiger charge is -2.39. The molecule has 7 nitrogen and oxygen atoms in total. The molecule has 0 N–H and O–H groups in total. The van der Waals surface area contributed by atoms with Crippen molar-refractivity contribution in [1.29, 1.82) is 0 Å². The maximum Gasteiger partial charge on any atom is 0.227 e. The molecule has 170 valence electrons. The van der Waals surface area contributed by atoms with Gasteiger partial charge in [-0.15, -0.1) is 0 Å². The number of piperidine rings is 1. The van der Waals surface area contributed by atoms with Crippen LogP contribution in [0, 0.1) is 11.7 Å². The predicted octanol–water partition coefficient (Wildman–Crippen LogP) is 2.86. The van der Waals surface area contributed by atoms with E-state index in [1.165, 1.54) is 6.07 Å². The molecule has 1 unspecified atom stereocenters. The van der Waals surface area contributed by atoms with Crippen molar-refractivity contribution in [3.63, 3.8) is 0 Å². The highest BCUT2D eigenvalue weighted by atomic mass is 19.1. The monoisotopic (exact) mass is 447 g/mol. The fourth-order valence-electron chi connectivity index (χ4n) is 4.74. The second-order valence-electron chi connectivity index (χ2n) is 8.63. The summed E-state index contributed by atoms with van der Waals surface area (Å²) in [4.78, 5) is 40.2. The summed E-state index contributed by atoms with van der Waals surface area (Å²) in [5.41, 5.74) is 1.38. The molecule has 2 fully saturated rings. The lowest BCUT2D eigenvalue weighted by atomic mass is 9.95. The molecule has 3 aromatic rings. The minimum atomic E-state index is -0.327. The number of fused-ring (bicyclic) bond motifs is 1. The summed E-state index contributed by atoms with van der Waals surface area (Å²) < 4.78 is 14.1. The van der Waals surface area contributed by atoms with E-state index in [2.05, 4.69) is 14.9 Å². The normalized spacial score (nSPS) is 19.2. The van der Waals surface area contributed by atoms with Crippen LogP contribution >= 0.6 is 0 Å². The van der Waals surface area contributed by atoms with Gasteiger partial charge in [-0.25, -0.2) is 14.4 Å². The number of carbonyl (C=O) groups excluding carboxylic acids is 2. The number of hydrogen-bond acceptors (Lipinski definition) is 5. The molecular formula is C25H26FN5O2. The fraction of sp³-hybridized carbons (Fsp3) is 0.360. The molecule has 1 aromatic heterocycles. The van der Waals surface area contributed by atoms with Crippen LogP contribution in [0.15, 0.2) is 54.9 Å². The minimum absolute atomic E-state index is 0.0252. The molecule has 2 amide bonds. The van der Waals surface area contributed by atoms with E-state index in [1.807, 2.05) is 29.2 Å². The first kappa shape index (κ1) is 21.3. The summed E-state index contributed by atoms with van der Waals surface area (Å²) in [5, 5.41) is 1.01. The number of nitrogens with zero attached hydrogens (tertiary/aromatic N) is 5. The average Bonchev–Trinajstić information content (AvgIpc) is 2.86. The third-order valence-electron chi connectivity index (χ3n) is 6.58. The predicted molar refractivity (Wildman–Crippen MR) is 123 cm³/mol. The van der Waals surface area contributed by atoms with Crippen LogP contribution in [0.2, 0.25) is 0 Å². The van der Waals surface area contributed by atoms with Gasteiger partial charge in [-0.05, 0) is 24.6 Å². The molecule has 0 saturated carbocycles. The van der Waals surface area contributed by atoms with Crippen LogP contribution < -0.4 is 4.90 Å². The maximum absolute atomic E-state index is 14.1. The zero-order valence-electron chi connectivity index (χ0n) is 18.4. The standard InChI is InChI=1S/C25H26FN5O2/c26-21-7-3-1-5-18(21)15-31-16-19(9-10-23(31)32)25(33)30-13-11-29(12-14-30)24-20-6-2-4-8-22(20)27-17-28-24/h1-8,17,19H,9-16H2. The molecule has 0 aliphatic carbocycles. The molecule has 2 aliphatic rings. The van der Waals surface area contributed by atoms with E-state index in [0.29, 0.717) is 51.1 Å². The lowest BCUT2D eigenvalue weighted by molar-refractivity contribution is -0.143. The van der Waals surface area contributed by atoms with E-state index >= 15 is 0 Å². The number of aromatic nitrogens is 2. The smallest absolute Gasteiger partial charge is 0.227 e. The first-order valence-electron chi connectivity index (χ1n) is 11.3. The minimum Gasteiger partial charge on any atom is -0.352 e. The Bertz CT molecular complexity index is 1170. The van der Waals surface area contributed by atoms with Gasteiger partial charge in [0.25, 0.3) is 0 Å². The number of halogens is 1. The van der Waals surface area contributed by atoms with Crippen molar-refractivity contribution in [2.24, 2.45) is 5.92 Å². The Morgan fingerprint density at radius 2 is 1.76 bits per heavy atom. The van der Waals surface area contributed by atoms with E-state index in [1.54, 1.807) is 29.4 Å². The number of amides is 2. The molecule has 0 radical (unpaired) electrons. The van der Waals surface area contributed by atoms with Crippen LogP contribution in [-0.4, -0.2) is 64.3 Å². The van der Waals surface area contributed by atoms with E-state index in [0.717, 1.165) is 16.7 Å². The Morgan fingerprint density at radius 1 is 1.00 bits per heavy atom. The summed E-state index contributed by atoms with van der Waals surface area (Å²) in [7, 11) is 0. The van der Waals surface area contributed by atoms with Gasteiger partial charge in [-0.2, -0.15) is 0 Å². The molecule has 0 spiro atoms. The van der Waals surface area contributed by atoms with Crippen LogP contribution in [0.25, 0.3) is 10.9 Å². The summed E-state index contributed by atoms with van der Waals surface area (Å²) in [5.74, 6) is 0.371. The molecule has 0 bridgehead atoms. The topological polar surface area (TPSA) is 69.6 Å². The van der Waals surface area contributed by atoms with E-state index in [9.17, 15) is 14.0 Å². The summed E-state index contributed by atoms with van der Waals surface area (Å²) in [6, 6.07) is 14.4. The number of hydrogen-bond donors (Lipinski definition) is 0. The van der Waals surface area contributed by atoms with Crippen molar-refractivity contribution in [1.82, 2.24) is 19.8 Å². The van der Waals surface area contributed by atoms with Crippen molar-refractivity contribution < 1.29 is 14.0 Å². The van der Waals surface area contributed by atoms with Gasteiger partial charge in [-0.3, -0.25) is 9.59 Å². The highest BCUT2D eigenvalue weighted by molar-refractivity contribution is 5.89. The third-order valence-corrected chi connectivity index (χ3v) is 6.58. The number of rotatable bonds is 4. The van der Waals surface area contributed by atoms with Gasteiger partial charge in [-0.1, -0.05) is 30.3 Å². The fourth-order valence-corrected chi connectivity index (χ4v) is 4.74. The molecule has 2 aromatic carbocycles. The number of carbonyl (C=O) groups is 2. The Hall–Kier alpha value is -3.55. The van der Waals surface area contributed by atoms with Crippen LogP contribution in [0.5, 0.6) is 0 Å². The largest absolute Gasteiger partial charge is 0.352 e. The van der Waals surface area contributed by atoms with Crippen LogP contribution in [0.4, 0.5) is 10.2 Å². The number of anilines is 1. The second kappa shape index (κ2) is 9.13. The number of likely N-dealkylation sites (tertiary alicyclic amines) is 1. The molecule has 8 heteroatoms. The van der Waals surface area contributed by atoms with E-state index < -0.39 is 0 Å². The Kier molecular flexibility index (Phi) is 5.90. The molecule has 2 saturated heterocycles. The highest BCUT2D eigenvalue weighted by Gasteiger charge is 2.34. The first-order chi connectivity index (χ1) is 16.1. The van der Waals surface area contributed by atoms with Crippen molar-refractivity contribution in [2.45, 2.75) is 19.4 Å². The third kappa shape index (κ3) is 4.37. The lowest BCUT2D eigenvalue weighted by Crippen LogP contribution is -2.53. The Labute approximate surface area is 191 Å². The summed E-state index contributed by atoms with van der Waals surface area (Å²) in [6.45, 7) is 3.13. The molecule has 3 heterocycles. The van der Waals surface area contributed by atoms with Crippen LogP contribution in [0.1, 0.15) is 18.4 Å². The Balaban J connectivity index is 1.22. The van der Waals surface area contributed by atoms with Crippen LogP contribution in [-0.2, 0) is 16.1 Å². The summed E-state index contributed by atoms with van der Waals surface area (Å²) >= 11 is 0. The average molecular weight is 448 g/mol. The zero-order chi connectivity index (χ0) is 22.8. The molecule has 5 rings (SSSR count). The van der Waals surface area contributed by atoms with Crippen molar-refractivity contribution in [3.8, 4) is 0 Å². The number of piperazine rings is 1. The molecule has 33 heavy (non-hydrogen) atoms. The van der Waals surface area contributed by atoms with Crippen molar-refractivity contribution in [2.75, 3.05) is 37.6 Å². The molecule has 1 atom stereocenters. The van der Waals surface area contributed by atoms with Gasteiger partial charge in [0.1, 0.15) is 18.0 Å². The summed E-state index contributed by atoms with van der Waals surface area (Å²) in [6.07, 6.45) is 2.44. The SMILES string of the molecule is O=C1CCC(C(=O)N2CCN(c3ncnc4ccccc34)CC2)CN1Cc1ccccc1F. The van der Waals surface area contributed by atoms with Crippen molar-refractivity contribution in [3.05, 3.63) is 66.2 Å². The van der Waals surface area contributed by atoms with Gasteiger partial charge in [0.2, 0.25) is 11.8 Å². The zero-order valence-corrected chi connectivity index (χ0v) is 18.4. The maximum atomic E-state index is 14.1. The highest BCUT2D eigenvalue weighted by Crippen LogP contribution is 2.26. The van der Waals surface area contributed by atoms with Gasteiger partial charge in [0.15, 0.2) is 0 Å². The van der Waals surface area contributed by atoms with E-state index in [4.69, 9.17) is 0 Å².